The molecule has 1 unspecified atom stereocenters. The molecule has 23 heavy (non-hydrogen) atoms. The lowest BCUT2D eigenvalue weighted by Gasteiger charge is -2.28. The maximum absolute atomic E-state index is 12.4. The van der Waals surface area contributed by atoms with Gasteiger partial charge in [-0.1, -0.05) is 13.0 Å². The second-order valence-corrected chi connectivity index (χ2v) is 5.53. The molecule has 1 rings (SSSR count). The fraction of sp³-hybridized carbons (Fsp3) is 0.529. The summed E-state index contributed by atoms with van der Waals surface area (Å²) in [4.78, 5) is 25.5. The van der Waals surface area contributed by atoms with Crippen molar-refractivity contribution in [1.82, 2.24) is 4.90 Å². The zero-order valence-corrected chi connectivity index (χ0v) is 14.4. The second kappa shape index (κ2) is 9.02. The Balaban J connectivity index is 2.65. The second-order valence-electron chi connectivity index (χ2n) is 5.53. The molecule has 0 N–H and O–H groups in total. The fourth-order valence-electron chi connectivity index (χ4n) is 2.09. The third kappa shape index (κ3) is 5.81. The van der Waals surface area contributed by atoms with Crippen molar-refractivity contribution in [1.29, 1.82) is 0 Å². The molecular weight excluding hydrogens is 298 g/mol. The van der Waals surface area contributed by atoms with E-state index in [-0.39, 0.29) is 30.4 Å². The molecule has 0 aliphatic rings. The average Bonchev–Trinajstić information content (AvgIpc) is 2.56. The monoisotopic (exact) mass is 323 g/mol. The van der Waals surface area contributed by atoms with Crippen LogP contribution in [0, 0.1) is 5.92 Å². The van der Waals surface area contributed by atoms with Crippen LogP contribution in [0.15, 0.2) is 24.3 Å². The highest BCUT2D eigenvalue weighted by molar-refractivity contribution is 5.79. The van der Waals surface area contributed by atoms with Gasteiger partial charge in [0.1, 0.15) is 11.5 Å². The van der Waals surface area contributed by atoms with E-state index in [1.54, 1.807) is 43.2 Å². The third-order valence-corrected chi connectivity index (χ3v) is 3.42. The molecule has 0 saturated heterocycles. The molecule has 0 aliphatic carbocycles. The quantitative estimate of drug-likeness (QED) is 0.686. The number of esters is 1. The van der Waals surface area contributed by atoms with Gasteiger partial charge in [0, 0.05) is 18.7 Å². The normalized spacial score (nSPS) is 11.7. The zero-order chi connectivity index (χ0) is 17.4. The lowest BCUT2D eigenvalue weighted by molar-refractivity contribution is -0.147. The molecule has 0 saturated carbocycles. The van der Waals surface area contributed by atoms with Gasteiger partial charge in [-0.2, -0.15) is 0 Å². The van der Waals surface area contributed by atoms with Crippen LogP contribution in [0.25, 0.3) is 0 Å². The Morgan fingerprint density at radius 1 is 1.13 bits per heavy atom. The summed E-state index contributed by atoms with van der Waals surface area (Å²) >= 11 is 0. The van der Waals surface area contributed by atoms with Crippen LogP contribution < -0.4 is 9.47 Å². The van der Waals surface area contributed by atoms with Gasteiger partial charge in [-0.05, 0) is 26.0 Å². The predicted octanol–water partition coefficient (Wildman–Crippen LogP) is 2.12. The van der Waals surface area contributed by atoms with Crippen LogP contribution in [0.2, 0.25) is 0 Å². The summed E-state index contributed by atoms with van der Waals surface area (Å²) in [6.45, 7) is 5.72. The summed E-state index contributed by atoms with van der Waals surface area (Å²) in [5, 5.41) is 0. The van der Waals surface area contributed by atoms with E-state index in [0.29, 0.717) is 18.0 Å². The van der Waals surface area contributed by atoms with Crippen molar-refractivity contribution >= 4 is 11.9 Å². The molecule has 0 heterocycles. The number of rotatable bonds is 8. The maximum atomic E-state index is 12.4. The number of hydrogen-bond acceptors (Lipinski definition) is 5. The van der Waals surface area contributed by atoms with Gasteiger partial charge < -0.3 is 19.1 Å². The van der Waals surface area contributed by atoms with E-state index in [0.717, 1.165) is 0 Å². The van der Waals surface area contributed by atoms with E-state index in [4.69, 9.17) is 14.2 Å². The summed E-state index contributed by atoms with van der Waals surface area (Å²) in [5.74, 6) is 0.316. The van der Waals surface area contributed by atoms with E-state index in [1.807, 2.05) is 13.8 Å². The first-order valence-electron chi connectivity index (χ1n) is 7.53. The highest BCUT2D eigenvalue weighted by atomic mass is 16.5. The molecule has 0 fully saturated rings. The Labute approximate surface area is 137 Å². The summed E-state index contributed by atoms with van der Waals surface area (Å²) in [7, 11) is 2.91. The lowest BCUT2D eigenvalue weighted by Crippen LogP contribution is -2.44. The first-order valence-corrected chi connectivity index (χ1v) is 7.53. The Morgan fingerprint density at radius 2 is 1.78 bits per heavy atom. The summed E-state index contributed by atoms with van der Waals surface area (Å²) in [6.07, 6.45) is 0. The molecule has 0 spiro atoms. The van der Waals surface area contributed by atoms with E-state index in [1.165, 1.54) is 7.11 Å². The number of hydrogen-bond donors (Lipinski definition) is 0. The molecule has 6 nitrogen and oxygen atoms in total. The molecule has 0 bridgehead atoms. The summed E-state index contributed by atoms with van der Waals surface area (Å²) < 4.78 is 15.3. The van der Waals surface area contributed by atoms with E-state index in [2.05, 4.69) is 0 Å². The molecule has 0 aromatic heterocycles. The van der Waals surface area contributed by atoms with Gasteiger partial charge in [-0.3, -0.25) is 9.59 Å². The standard InChI is InChI=1S/C17H25NO5/c1-12(2)18(10-13(3)17(20)22-5)16(19)11-23-15-8-6-7-14(9-15)21-4/h6-9,12-13H,10-11H2,1-5H3. The smallest absolute Gasteiger partial charge is 0.310 e. The van der Waals surface area contributed by atoms with Gasteiger partial charge in [0.25, 0.3) is 5.91 Å². The molecule has 1 amide bonds. The lowest BCUT2D eigenvalue weighted by atomic mass is 10.1. The van der Waals surface area contributed by atoms with Crippen LogP contribution in [0.5, 0.6) is 11.5 Å². The first-order chi connectivity index (χ1) is 10.9. The fourth-order valence-corrected chi connectivity index (χ4v) is 2.09. The Hall–Kier alpha value is -2.24. The maximum Gasteiger partial charge on any atom is 0.310 e. The van der Waals surface area contributed by atoms with Crippen LogP contribution in [0.4, 0.5) is 0 Å². The molecule has 0 aliphatic heterocycles. The third-order valence-electron chi connectivity index (χ3n) is 3.42. The number of methoxy groups -OCH3 is 2. The SMILES string of the molecule is COC(=O)C(C)CN(C(=O)COc1cccc(OC)c1)C(C)C. The molecule has 1 atom stereocenters. The van der Waals surface area contributed by atoms with Crippen LogP contribution >= 0.6 is 0 Å². The largest absolute Gasteiger partial charge is 0.497 e. The van der Waals surface area contributed by atoms with Crippen molar-refractivity contribution < 1.29 is 23.8 Å². The van der Waals surface area contributed by atoms with E-state index < -0.39 is 0 Å². The number of carbonyl (C=O) groups excluding carboxylic acids is 2. The Bertz CT molecular complexity index is 529. The highest BCUT2D eigenvalue weighted by Gasteiger charge is 2.23. The van der Waals surface area contributed by atoms with Crippen molar-refractivity contribution in [3.8, 4) is 11.5 Å². The van der Waals surface area contributed by atoms with Crippen molar-refractivity contribution in [2.45, 2.75) is 26.8 Å². The van der Waals surface area contributed by atoms with Crippen LogP contribution in [0.3, 0.4) is 0 Å². The predicted molar refractivity (Wildman–Crippen MR) is 86.5 cm³/mol. The van der Waals surface area contributed by atoms with Gasteiger partial charge in [0.2, 0.25) is 0 Å². The number of amides is 1. The minimum atomic E-state index is -0.386. The molecular formula is C17H25NO5. The molecule has 128 valence electrons. The van der Waals surface area contributed by atoms with Gasteiger partial charge in [0.05, 0.1) is 20.1 Å². The van der Waals surface area contributed by atoms with Crippen molar-refractivity contribution in [2.75, 3.05) is 27.4 Å². The van der Waals surface area contributed by atoms with E-state index >= 15 is 0 Å². The molecule has 6 heteroatoms. The average molecular weight is 323 g/mol. The topological polar surface area (TPSA) is 65.1 Å². The molecule has 0 radical (unpaired) electrons. The summed E-state index contributed by atoms with van der Waals surface area (Å²) in [5.41, 5.74) is 0. The number of carbonyl (C=O) groups is 2. The van der Waals surface area contributed by atoms with Crippen LogP contribution in [-0.4, -0.2) is 50.2 Å². The number of ether oxygens (including phenoxy) is 3. The minimum Gasteiger partial charge on any atom is -0.497 e. The van der Waals surface area contributed by atoms with Gasteiger partial charge in [-0.15, -0.1) is 0 Å². The first kappa shape index (κ1) is 18.8. The van der Waals surface area contributed by atoms with Crippen molar-refractivity contribution in [3.05, 3.63) is 24.3 Å². The van der Waals surface area contributed by atoms with Crippen LogP contribution in [0.1, 0.15) is 20.8 Å². The van der Waals surface area contributed by atoms with Gasteiger partial charge >= 0.3 is 5.97 Å². The summed E-state index contributed by atoms with van der Waals surface area (Å²) in [6, 6.07) is 7.02. The minimum absolute atomic E-state index is 0.0384. The van der Waals surface area contributed by atoms with E-state index in [9.17, 15) is 9.59 Å². The number of nitrogens with zero attached hydrogens (tertiary/aromatic N) is 1. The van der Waals surface area contributed by atoms with Crippen LogP contribution in [-0.2, 0) is 14.3 Å². The zero-order valence-electron chi connectivity index (χ0n) is 14.4. The molecule has 1 aromatic carbocycles. The van der Waals surface area contributed by atoms with Crippen molar-refractivity contribution in [3.63, 3.8) is 0 Å². The van der Waals surface area contributed by atoms with Gasteiger partial charge in [-0.25, -0.2) is 0 Å². The van der Waals surface area contributed by atoms with Gasteiger partial charge in [0.15, 0.2) is 6.61 Å². The van der Waals surface area contributed by atoms with Crippen molar-refractivity contribution in [2.24, 2.45) is 5.92 Å². The number of benzene rings is 1. The highest BCUT2D eigenvalue weighted by Crippen LogP contribution is 2.19. The Kier molecular flexibility index (Phi) is 7.38. The Morgan fingerprint density at radius 3 is 2.35 bits per heavy atom. The molecule has 1 aromatic rings.